The molecule has 0 unspecified atom stereocenters. The number of Topliss-reactive ketones (excluding diaryl/α,β-unsaturated/α-hetero) is 2. The molecule has 0 bridgehead atoms. The molecular weight excluding hydrogens is 384 g/mol. The van der Waals surface area contributed by atoms with Crippen molar-refractivity contribution in [2.45, 2.75) is 0 Å². The van der Waals surface area contributed by atoms with E-state index in [1.807, 2.05) is 12.1 Å². The van der Waals surface area contributed by atoms with Crippen molar-refractivity contribution in [3.05, 3.63) is 95.4 Å². The summed E-state index contributed by atoms with van der Waals surface area (Å²) in [5, 5.41) is 0. The van der Waals surface area contributed by atoms with Gasteiger partial charge in [0.2, 0.25) is 23.1 Å². The van der Waals surface area contributed by atoms with Crippen molar-refractivity contribution in [2.24, 2.45) is 0 Å². The maximum absolute atomic E-state index is 13.5. The molecule has 0 saturated heterocycles. The summed E-state index contributed by atoms with van der Waals surface area (Å²) < 4.78 is 22.4. The van der Waals surface area contributed by atoms with Gasteiger partial charge in [-0.15, -0.1) is 0 Å². The predicted octanol–water partition coefficient (Wildman–Crippen LogP) is 4.45. The van der Waals surface area contributed by atoms with E-state index in [1.165, 1.54) is 14.2 Å². The average molecular weight is 402 g/mol. The third-order valence-electron chi connectivity index (χ3n) is 4.57. The van der Waals surface area contributed by atoms with E-state index < -0.39 is 11.6 Å². The highest BCUT2D eigenvalue weighted by atomic mass is 16.5. The van der Waals surface area contributed by atoms with Crippen LogP contribution < -0.4 is 18.9 Å². The molecule has 3 aromatic rings. The number of ketones is 2. The summed E-state index contributed by atoms with van der Waals surface area (Å²) in [6.45, 7) is 0. The molecule has 0 N–H and O–H groups in total. The normalized spacial score (nSPS) is 13.0. The second kappa shape index (κ2) is 8.13. The first-order chi connectivity index (χ1) is 14.6. The van der Waals surface area contributed by atoms with Crippen molar-refractivity contribution in [3.8, 4) is 23.0 Å². The average Bonchev–Trinajstić information content (AvgIpc) is 2.80. The lowest BCUT2D eigenvalue weighted by molar-refractivity contribution is 0.0891. The number of benzene rings is 3. The lowest BCUT2D eigenvalue weighted by Gasteiger charge is -2.23. The Balaban J connectivity index is 1.91. The molecule has 0 amide bonds. The summed E-state index contributed by atoms with van der Waals surface area (Å²) >= 11 is 0. The molecule has 0 spiro atoms. The van der Waals surface area contributed by atoms with E-state index in [0.717, 1.165) is 0 Å². The van der Waals surface area contributed by atoms with Gasteiger partial charge in [-0.25, -0.2) is 0 Å². The summed E-state index contributed by atoms with van der Waals surface area (Å²) in [4.78, 5) is 26.9. The molecule has 150 valence electrons. The Morgan fingerprint density at radius 1 is 0.533 bits per heavy atom. The van der Waals surface area contributed by atoms with Gasteiger partial charge in [0.25, 0.3) is 0 Å². The summed E-state index contributed by atoms with van der Waals surface area (Å²) in [6.07, 6.45) is 0. The number of rotatable bonds is 6. The summed E-state index contributed by atoms with van der Waals surface area (Å²) in [5.41, 5.74) is 0.154. The van der Waals surface area contributed by atoms with Gasteiger partial charge in [-0.3, -0.25) is 9.59 Å². The predicted molar refractivity (Wildman–Crippen MR) is 109 cm³/mol. The van der Waals surface area contributed by atoms with E-state index in [0.29, 0.717) is 11.5 Å². The molecule has 0 aliphatic heterocycles. The van der Waals surface area contributed by atoms with Crippen LogP contribution in [0.15, 0.2) is 84.3 Å². The highest BCUT2D eigenvalue weighted by molar-refractivity contribution is 6.27. The molecule has 4 rings (SSSR count). The Labute approximate surface area is 173 Å². The second-order valence-corrected chi connectivity index (χ2v) is 6.37. The topological polar surface area (TPSA) is 71.1 Å². The molecule has 0 saturated carbocycles. The minimum atomic E-state index is -0.532. The Hall–Kier alpha value is -4.06. The van der Waals surface area contributed by atoms with E-state index in [4.69, 9.17) is 18.9 Å². The highest BCUT2D eigenvalue weighted by Gasteiger charge is 2.40. The van der Waals surface area contributed by atoms with Gasteiger partial charge in [0, 0.05) is 0 Å². The van der Waals surface area contributed by atoms with Crippen LogP contribution in [0.5, 0.6) is 23.0 Å². The number of carbonyl (C=O) groups excluding carboxylic acids is 2. The maximum atomic E-state index is 13.5. The quantitative estimate of drug-likeness (QED) is 0.607. The van der Waals surface area contributed by atoms with Crippen LogP contribution in [0.25, 0.3) is 0 Å². The van der Waals surface area contributed by atoms with Gasteiger partial charge in [0.15, 0.2) is 0 Å². The van der Waals surface area contributed by atoms with Crippen molar-refractivity contribution in [3.63, 3.8) is 0 Å². The monoisotopic (exact) mass is 402 g/mol. The first-order valence-corrected chi connectivity index (χ1v) is 9.18. The van der Waals surface area contributed by atoms with Crippen molar-refractivity contribution in [1.29, 1.82) is 0 Å². The van der Waals surface area contributed by atoms with Crippen molar-refractivity contribution >= 4 is 11.6 Å². The lowest BCUT2D eigenvalue weighted by Crippen LogP contribution is -2.28. The van der Waals surface area contributed by atoms with Crippen molar-refractivity contribution in [2.75, 3.05) is 14.2 Å². The molecule has 1 aliphatic rings. The first kappa shape index (κ1) is 19.3. The second-order valence-electron chi connectivity index (χ2n) is 6.37. The van der Waals surface area contributed by atoms with Crippen LogP contribution in [0.1, 0.15) is 20.7 Å². The molecule has 1 aliphatic carbocycles. The smallest absolute Gasteiger partial charge is 0.236 e. The van der Waals surface area contributed by atoms with Gasteiger partial charge in [0.05, 0.1) is 25.3 Å². The van der Waals surface area contributed by atoms with Crippen molar-refractivity contribution in [1.82, 2.24) is 0 Å². The lowest BCUT2D eigenvalue weighted by atomic mass is 9.90. The summed E-state index contributed by atoms with van der Waals surface area (Å²) in [7, 11) is 2.86. The van der Waals surface area contributed by atoms with Crippen LogP contribution in [-0.4, -0.2) is 25.8 Å². The fourth-order valence-electron chi connectivity index (χ4n) is 3.19. The first-order valence-electron chi connectivity index (χ1n) is 9.18. The third-order valence-corrected chi connectivity index (χ3v) is 4.57. The van der Waals surface area contributed by atoms with E-state index in [9.17, 15) is 9.59 Å². The SMILES string of the molecule is COc1ccc(OC)c2c1C(=O)C(Oc1ccccc1)=C(Oc1ccccc1)C2=O. The Morgan fingerprint density at radius 2 is 0.900 bits per heavy atom. The molecular formula is C24H18O6. The fourth-order valence-corrected chi connectivity index (χ4v) is 3.19. The number of methoxy groups -OCH3 is 2. The molecule has 30 heavy (non-hydrogen) atoms. The molecule has 0 fully saturated rings. The Kier molecular flexibility index (Phi) is 5.22. The van der Waals surface area contributed by atoms with Crippen molar-refractivity contribution < 1.29 is 28.5 Å². The number of para-hydroxylation sites is 2. The molecule has 0 aromatic heterocycles. The summed E-state index contributed by atoms with van der Waals surface area (Å²) in [6, 6.07) is 20.6. The molecule has 0 atom stereocenters. The van der Waals surface area contributed by atoms with Gasteiger partial charge in [-0.05, 0) is 36.4 Å². The zero-order chi connectivity index (χ0) is 21.1. The maximum Gasteiger partial charge on any atom is 0.236 e. The largest absolute Gasteiger partial charge is 0.496 e. The minimum absolute atomic E-state index is 0.0770. The minimum Gasteiger partial charge on any atom is -0.496 e. The Morgan fingerprint density at radius 3 is 1.23 bits per heavy atom. The van der Waals surface area contributed by atoms with Crippen LogP contribution in [0.4, 0.5) is 0 Å². The van der Waals surface area contributed by atoms with Crippen LogP contribution in [0, 0.1) is 0 Å². The number of ether oxygens (including phenoxy) is 4. The summed E-state index contributed by atoms with van der Waals surface area (Å²) in [5.74, 6) is -0.205. The van der Waals surface area contributed by atoms with Gasteiger partial charge >= 0.3 is 0 Å². The van der Waals surface area contributed by atoms with Gasteiger partial charge in [-0.1, -0.05) is 36.4 Å². The van der Waals surface area contributed by atoms with E-state index in [2.05, 4.69) is 0 Å². The van der Waals surface area contributed by atoms with Crippen LogP contribution >= 0.6 is 0 Å². The number of carbonyl (C=O) groups is 2. The molecule has 3 aromatic carbocycles. The Bertz CT molecular complexity index is 1040. The number of allylic oxidation sites excluding steroid dienone is 2. The highest BCUT2D eigenvalue weighted by Crippen LogP contribution is 2.39. The van der Waals surface area contributed by atoms with E-state index in [-0.39, 0.29) is 34.1 Å². The fraction of sp³-hybridized carbons (Fsp3) is 0.0833. The van der Waals surface area contributed by atoms with E-state index in [1.54, 1.807) is 60.7 Å². The molecule has 0 radical (unpaired) electrons. The van der Waals surface area contributed by atoms with Gasteiger partial charge in [0.1, 0.15) is 23.0 Å². The van der Waals surface area contributed by atoms with Crippen LogP contribution in [0.2, 0.25) is 0 Å². The zero-order valence-electron chi connectivity index (χ0n) is 16.4. The van der Waals surface area contributed by atoms with Crippen LogP contribution in [-0.2, 0) is 0 Å². The molecule has 0 heterocycles. The third kappa shape index (κ3) is 3.39. The van der Waals surface area contributed by atoms with Gasteiger partial charge < -0.3 is 18.9 Å². The molecule has 6 nitrogen and oxygen atoms in total. The van der Waals surface area contributed by atoms with Crippen LogP contribution in [0.3, 0.4) is 0 Å². The molecule has 6 heteroatoms. The van der Waals surface area contributed by atoms with Gasteiger partial charge in [-0.2, -0.15) is 0 Å². The standard InChI is InChI=1S/C24H18O6/c1-27-17-13-14-18(28-2)20-19(17)21(25)23(29-15-9-5-3-6-10-15)24(22(20)26)30-16-11-7-4-8-12-16/h3-14H,1-2H3. The zero-order valence-corrected chi connectivity index (χ0v) is 16.4. The number of hydrogen-bond donors (Lipinski definition) is 0. The number of hydrogen-bond acceptors (Lipinski definition) is 6. The van der Waals surface area contributed by atoms with E-state index >= 15 is 0 Å². The number of fused-ring (bicyclic) bond motifs is 1.